The van der Waals surface area contributed by atoms with E-state index in [0.29, 0.717) is 31.3 Å². The monoisotopic (exact) mass is 365 g/mol. The molecule has 0 unspecified atom stereocenters. The average molecular weight is 365 g/mol. The number of fused-ring (bicyclic) bond motifs is 1. The zero-order valence-corrected chi connectivity index (χ0v) is 14.7. The third kappa shape index (κ3) is 3.04. The molecule has 0 saturated carbocycles. The minimum atomic E-state index is -0.340. The summed E-state index contributed by atoms with van der Waals surface area (Å²) >= 11 is 0. The van der Waals surface area contributed by atoms with Gasteiger partial charge in [-0.25, -0.2) is 4.98 Å². The minimum Gasteiger partial charge on any atom is -0.473 e. The second kappa shape index (κ2) is 6.35. The molecule has 4 heterocycles. The Balaban J connectivity index is 1.24. The van der Waals surface area contributed by atoms with Crippen molar-refractivity contribution in [2.75, 3.05) is 19.7 Å². The molecule has 2 aromatic heterocycles. The van der Waals surface area contributed by atoms with E-state index in [1.165, 1.54) is 0 Å². The molecule has 7 heteroatoms. The number of para-hydroxylation sites is 1. The number of carbonyl (C=O) groups is 1. The number of likely N-dealkylation sites (tertiary alicyclic amines) is 1. The van der Waals surface area contributed by atoms with E-state index in [1.807, 2.05) is 24.3 Å². The van der Waals surface area contributed by atoms with Crippen molar-refractivity contribution in [2.45, 2.75) is 24.5 Å². The van der Waals surface area contributed by atoms with Crippen LogP contribution in [0.3, 0.4) is 0 Å². The van der Waals surface area contributed by atoms with E-state index in [1.54, 1.807) is 29.6 Å². The highest BCUT2D eigenvalue weighted by Crippen LogP contribution is 2.36. The first-order valence-corrected chi connectivity index (χ1v) is 9.05. The van der Waals surface area contributed by atoms with Crippen LogP contribution in [-0.2, 0) is 4.74 Å². The zero-order chi connectivity index (χ0) is 18.3. The lowest BCUT2D eigenvalue weighted by atomic mass is 9.84. The van der Waals surface area contributed by atoms with E-state index in [2.05, 4.69) is 9.97 Å². The van der Waals surface area contributed by atoms with Crippen molar-refractivity contribution < 1.29 is 18.7 Å². The van der Waals surface area contributed by atoms with Crippen LogP contribution in [0.15, 0.2) is 53.3 Å². The summed E-state index contributed by atoms with van der Waals surface area (Å²) < 4.78 is 17.6. The molecule has 2 saturated heterocycles. The van der Waals surface area contributed by atoms with Crippen molar-refractivity contribution in [2.24, 2.45) is 0 Å². The lowest BCUT2D eigenvalue weighted by Crippen LogP contribution is -2.67. The third-order valence-corrected chi connectivity index (χ3v) is 5.16. The SMILES string of the molecule is O=C(c1cc2ccccc2o1)N1CC2(C[C@H](Oc3cnccn3)CCO2)C1. The van der Waals surface area contributed by atoms with Gasteiger partial charge in [0.1, 0.15) is 17.3 Å². The van der Waals surface area contributed by atoms with E-state index >= 15 is 0 Å². The van der Waals surface area contributed by atoms with Crippen LogP contribution in [0.25, 0.3) is 11.0 Å². The summed E-state index contributed by atoms with van der Waals surface area (Å²) in [6, 6.07) is 9.42. The molecule has 138 valence electrons. The van der Waals surface area contributed by atoms with Crippen LogP contribution in [0, 0.1) is 0 Å². The number of benzene rings is 1. The Morgan fingerprint density at radius 1 is 1.26 bits per heavy atom. The maximum absolute atomic E-state index is 12.7. The fourth-order valence-electron chi connectivity index (χ4n) is 3.86. The molecule has 2 aliphatic rings. The summed E-state index contributed by atoms with van der Waals surface area (Å²) in [4.78, 5) is 22.7. The summed E-state index contributed by atoms with van der Waals surface area (Å²) in [5.74, 6) is 0.792. The predicted molar refractivity (Wildman–Crippen MR) is 96.5 cm³/mol. The summed E-state index contributed by atoms with van der Waals surface area (Å²) in [7, 11) is 0. The van der Waals surface area contributed by atoms with Crippen molar-refractivity contribution in [1.29, 1.82) is 0 Å². The molecule has 0 radical (unpaired) electrons. The molecule has 0 N–H and O–H groups in total. The van der Waals surface area contributed by atoms with Gasteiger partial charge in [0, 0.05) is 30.6 Å². The van der Waals surface area contributed by atoms with Crippen molar-refractivity contribution in [3.8, 4) is 5.88 Å². The number of nitrogens with zero attached hydrogens (tertiary/aromatic N) is 3. The van der Waals surface area contributed by atoms with E-state index in [-0.39, 0.29) is 17.6 Å². The highest BCUT2D eigenvalue weighted by molar-refractivity contribution is 5.96. The standard InChI is InChI=1S/C20H19N3O4/c24-19(17-9-14-3-1-2-4-16(14)27-17)23-12-20(13-23)10-15(5-8-25-20)26-18-11-21-6-7-22-18/h1-4,6-7,9,11,15H,5,8,10,12-13H2/t15-/m1/s1. The normalized spacial score (nSPS) is 21.2. The molecule has 2 fully saturated rings. The first-order valence-electron chi connectivity index (χ1n) is 9.05. The fourth-order valence-corrected chi connectivity index (χ4v) is 3.86. The number of aromatic nitrogens is 2. The molecule has 1 aromatic carbocycles. The average Bonchev–Trinajstić information content (AvgIpc) is 3.11. The molecular formula is C20H19N3O4. The Morgan fingerprint density at radius 2 is 2.15 bits per heavy atom. The number of ether oxygens (including phenoxy) is 2. The van der Waals surface area contributed by atoms with Gasteiger partial charge < -0.3 is 18.8 Å². The molecule has 27 heavy (non-hydrogen) atoms. The van der Waals surface area contributed by atoms with Gasteiger partial charge in [-0.1, -0.05) is 18.2 Å². The molecule has 1 atom stereocenters. The number of furan rings is 1. The quantitative estimate of drug-likeness (QED) is 0.710. The second-order valence-corrected chi connectivity index (χ2v) is 7.12. The second-order valence-electron chi connectivity index (χ2n) is 7.12. The van der Waals surface area contributed by atoms with E-state index in [0.717, 1.165) is 23.8 Å². The predicted octanol–water partition coefficient (Wildman–Crippen LogP) is 2.68. The minimum absolute atomic E-state index is 0.0129. The van der Waals surface area contributed by atoms with Gasteiger partial charge >= 0.3 is 0 Å². The van der Waals surface area contributed by atoms with Gasteiger partial charge in [-0.15, -0.1) is 0 Å². The van der Waals surface area contributed by atoms with Crippen molar-refractivity contribution >= 4 is 16.9 Å². The van der Waals surface area contributed by atoms with E-state index in [4.69, 9.17) is 13.9 Å². The van der Waals surface area contributed by atoms with Gasteiger partial charge in [-0.2, -0.15) is 0 Å². The van der Waals surface area contributed by atoms with Crippen LogP contribution in [0.2, 0.25) is 0 Å². The van der Waals surface area contributed by atoms with Crippen molar-refractivity contribution in [1.82, 2.24) is 14.9 Å². The van der Waals surface area contributed by atoms with Crippen LogP contribution >= 0.6 is 0 Å². The maximum atomic E-state index is 12.7. The van der Waals surface area contributed by atoms with Crippen molar-refractivity contribution in [3.05, 3.63) is 54.7 Å². The number of carbonyl (C=O) groups excluding carboxylic acids is 1. The fraction of sp³-hybridized carbons (Fsp3) is 0.350. The van der Waals surface area contributed by atoms with Crippen LogP contribution in [0.4, 0.5) is 0 Å². The Hall–Kier alpha value is -2.93. The number of hydrogen-bond donors (Lipinski definition) is 0. The van der Waals surface area contributed by atoms with Crippen LogP contribution in [0.5, 0.6) is 5.88 Å². The van der Waals surface area contributed by atoms with E-state index in [9.17, 15) is 4.79 Å². The van der Waals surface area contributed by atoms with E-state index < -0.39 is 0 Å². The largest absolute Gasteiger partial charge is 0.473 e. The third-order valence-electron chi connectivity index (χ3n) is 5.16. The maximum Gasteiger partial charge on any atom is 0.289 e. The molecule has 0 aliphatic carbocycles. The summed E-state index contributed by atoms with van der Waals surface area (Å²) in [6.07, 6.45) is 6.38. The Kier molecular flexibility index (Phi) is 3.82. The molecule has 7 nitrogen and oxygen atoms in total. The van der Waals surface area contributed by atoms with Gasteiger partial charge in [-0.3, -0.25) is 9.78 Å². The van der Waals surface area contributed by atoms with Gasteiger partial charge in [0.25, 0.3) is 5.91 Å². The summed E-state index contributed by atoms with van der Waals surface area (Å²) in [5.41, 5.74) is 0.384. The number of amides is 1. The zero-order valence-electron chi connectivity index (χ0n) is 14.7. The lowest BCUT2D eigenvalue weighted by Gasteiger charge is -2.52. The highest BCUT2D eigenvalue weighted by Gasteiger charge is 2.50. The number of rotatable bonds is 3. The van der Waals surface area contributed by atoms with Gasteiger partial charge in [0.2, 0.25) is 5.88 Å². The van der Waals surface area contributed by atoms with Gasteiger partial charge in [-0.05, 0) is 12.1 Å². The Morgan fingerprint density at radius 3 is 2.96 bits per heavy atom. The molecule has 1 amide bonds. The van der Waals surface area contributed by atoms with Crippen LogP contribution in [-0.4, -0.2) is 52.2 Å². The summed E-state index contributed by atoms with van der Waals surface area (Å²) in [5, 5.41) is 0.933. The highest BCUT2D eigenvalue weighted by atomic mass is 16.5. The molecule has 2 aliphatic heterocycles. The Bertz CT molecular complexity index is 933. The molecule has 5 rings (SSSR count). The topological polar surface area (TPSA) is 77.7 Å². The lowest BCUT2D eigenvalue weighted by molar-refractivity contribution is -0.174. The number of hydrogen-bond acceptors (Lipinski definition) is 6. The van der Waals surface area contributed by atoms with Gasteiger partial charge in [0.15, 0.2) is 5.76 Å². The molecule has 3 aromatic rings. The van der Waals surface area contributed by atoms with Crippen LogP contribution < -0.4 is 4.74 Å². The smallest absolute Gasteiger partial charge is 0.289 e. The Labute approximate surface area is 155 Å². The molecule has 0 bridgehead atoms. The first kappa shape index (κ1) is 16.3. The van der Waals surface area contributed by atoms with Crippen LogP contribution in [0.1, 0.15) is 23.4 Å². The summed E-state index contributed by atoms with van der Waals surface area (Å²) in [6.45, 7) is 1.70. The van der Waals surface area contributed by atoms with Crippen molar-refractivity contribution in [3.63, 3.8) is 0 Å². The van der Waals surface area contributed by atoms with Gasteiger partial charge in [0.05, 0.1) is 25.9 Å². The molecular weight excluding hydrogens is 346 g/mol. The first-order chi connectivity index (χ1) is 13.2. The molecule has 1 spiro atoms.